The van der Waals surface area contributed by atoms with Gasteiger partial charge in [-0.05, 0) is 44.2 Å². The Bertz CT molecular complexity index is 440. The lowest BCUT2D eigenvalue weighted by Gasteiger charge is -2.27. The number of anilines is 1. The zero-order valence-corrected chi connectivity index (χ0v) is 13.1. The fraction of sp³-hybridized carbons (Fsp3) is 0.625. The topological polar surface area (TPSA) is 57.3 Å². The molecule has 0 saturated carbocycles. The van der Waals surface area contributed by atoms with E-state index in [1.165, 1.54) is 19.3 Å². The molecule has 116 valence electrons. The number of carbonyl (C=O) groups excluding carboxylic acids is 1. The fourth-order valence-corrected chi connectivity index (χ4v) is 2.39. The highest BCUT2D eigenvalue weighted by molar-refractivity contribution is 5.74. The van der Waals surface area contributed by atoms with Gasteiger partial charge in [0.1, 0.15) is 5.82 Å². The number of carbonyl (C=O) groups is 1. The first-order valence-corrected chi connectivity index (χ1v) is 7.93. The van der Waals surface area contributed by atoms with Gasteiger partial charge in [0.25, 0.3) is 0 Å². The van der Waals surface area contributed by atoms with Gasteiger partial charge in [-0.25, -0.2) is 9.78 Å². The summed E-state index contributed by atoms with van der Waals surface area (Å²) in [5, 5.41) is 5.74. The van der Waals surface area contributed by atoms with Crippen LogP contribution < -0.4 is 15.5 Å². The molecule has 1 aliphatic rings. The summed E-state index contributed by atoms with van der Waals surface area (Å²) in [5.74, 6) is 1.04. The third-order valence-electron chi connectivity index (χ3n) is 3.93. The first kappa shape index (κ1) is 15.6. The van der Waals surface area contributed by atoms with Crippen molar-refractivity contribution < 1.29 is 4.79 Å². The number of urea groups is 1. The van der Waals surface area contributed by atoms with Gasteiger partial charge in [-0.2, -0.15) is 0 Å². The SMILES string of the molecule is CCC(C)NC(=O)NCc1ccc(N2CCCCC2)nc1. The highest BCUT2D eigenvalue weighted by Crippen LogP contribution is 2.17. The molecule has 2 rings (SSSR count). The van der Waals surface area contributed by atoms with E-state index in [2.05, 4.69) is 26.6 Å². The van der Waals surface area contributed by atoms with Gasteiger partial charge >= 0.3 is 6.03 Å². The standard InChI is InChI=1S/C16H26N4O/c1-3-13(2)19-16(21)18-12-14-7-8-15(17-11-14)20-9-5-4-6-10-20/h7-8,11,13H,3-6,9-10,12H2,1-2H3,(H2,18,19,21). The lowest BCUT2D eigenvalue weighted by Crippen LogP contribution is -2.40. The maximum atomic E-state index is 11.6. The second-order valence-corrected chi connectivity index (χ2v) is 5.71. The van der Waals surface area contributed by atoms with Crippen molar-refractivity contribution in [2.75, 3.05) is 18.0 Å². The third kappa shape index (κ3) is 4.92. The minimum absolute atomic E-state index is 0.121. The van der Waals surface area contributed by atoms with E-state index in [1.54, 1.807) is 0 Å². The molecular formula is C16H26N4O. The van der Waals surface area contributed by atoms with E-state index < -0.39 is 0 Å². The molecule has 1 saturated heterocycles. The zero-order chi connectivity index (χ0) is 15.1. The number of rotatable bonds is 5. The van der Waals surface area contributed by atoms with Crippen molar-refractivity contribution in [1.82, 2.24) is 15.6 Å². The highest BCUT2D eigenvalue weighted by Gasteiger charge is 2.11. The van der Waals surface area contributed by atoms with Crippen molar-refractivity contribution in [2.45, 2.75) is 52.1 Å². The smallest absolute Gasteiger partial charge is 0.315 e. The molecule has 0 bridgehead atoms. The molecule has 0 radical (unpaired) electrons. The minimum atomic E-state index is -0.121. The van der Waals surface area contributed by atoms with E-state index >= 15 is 0 Å². The second kappa shape index (κ2) is 7.86. The minimum Gasteiger partial charge on any atom is -0.357 e. The Kier molecular flexibility index (Phi) is 5.84. The summed E-state index contributed by atoms with van der Waals surface area (Å²) in [5.41, 5.74) is 1.02. The van der Waals surface area contributed by atoms with Crippen LogP contribution in [0.5, 0.6) is 0 Å². The van der Waals surface area contributed by atoms with Crippen LogP contribution in [0.25, 0.3) is 0 Å². The Balaban J connectivity index is 1.80. The second-order valence-electron chi connectivity index (χ2n) is 5.71. The van der Waals surface area contributed by atoms with Gasteiger partial charge in [-0.15, -0.1) is 0 Å². The van der Waals surface area contributed by atoms with Crippen molar-refractivity contribution in [3.05, 3.63) is 23.9 Å². The van der Waals surface area contributed by atoms with Crippen LogP contribution in [-0.4, -0.2) is 30.1 Å². The van der Waals surface area contributed by atoms with Gasteiger partial charge in [0.2, 0.25) is 0 Å². The molecule has 1 aromatic heterocycles. The molecule has 2 heterocycles. The van der Waals surface area contributed by atoms with Gasteiger partial charge in [0, 0.05) is 31.9 Å². The molecule has 1 unspecified atom stereocenters. The molecule has 21 heavy (non-hydrogen) atoms. The maximum absolute atomic E-state index is 11.6. The fourth-order valence-electron chi connectivity index (χ4n) is 2.39. The zero-order valence-electron chi connectivity index (χ0n) is 13.1. The van der Waals surface area contributed by atoms with Gasteiger partial charge in [0.05, 0.1) is 0 Å². The summed E-state index contributed by atoms with van der Waals surface area (Å²) in [4.78, 5) is 18.5. The van der Waals surface area contributed by atoms with Crippen molar-refractivity contribution in [3.8, 4) is 0 Å². The number of hydrogen-bond acceptors (Lipinski definition) is 3. The number of nitrogens with one attached hydrogen (secondary N) is 2. The van der Waals surface area contributed by atoms with E-state index in [0.717, 1.165) is 30.9 Å². The molecule has 0 aromatic carbocycles. The molecule has 2 N–H and O–H groups in total. The molecule has 5 nitrogen and oxygen atoms in total. The Labute approximate surface area is 127 Å². The van der Waals surface area contributed by atoms with Crippen LogP contribution in [0.2, 0.25) is 0 Å². The van der Waals surface area contributed by atoms with Crippen molar-refractivity contribution in [3.63, 3.8) is 0 Å². The molecular weight excluding hydrogens is 264 g/mol. The maximum Gasteiger partial charge on any atom is 0.315 e. The van der Waals surface area contributed by atoms with E-state index in [0.29, 0.717) is 6.54 Å². The van der Waals surface area contributed by atoms with Crippen LogP contribution in [-0.2, 0) is 6.54 Å². The first-order valence-electron chi connectivity index (χ1n) is 7.93. The normalized spacial score (nSPS) is 16.4. The van der Waals surface area contributed by atoms with E-state index in [9.17, 15) is 4.79 Å². The molecule has 0 spiro atoms. The van der Waals surface area contributed by atoms with Gasteiger partial charge in [-0.3, -0.25) is 0 Å². The van der Waals surface area contributed by atoms with Gasteiger partial charge in [0.15, 0.2) is 0 Å². The number of pyridine rings is 1. The summed E-state index contributed by atoms with van der Waals surface area (Å²) in [6.07, 6.45) is 6.61. The highest BCUT2D eigenvalue weighted by atomic mass is 16.2. The lowest BCUT2D eigenvalue weighted by atomic mass is 10.1. The van der Waals surface area contributed by atoms with E-state index in [4.69, 9.17) is 0 Å². The quantitative estimate of drug-likeness (QED) is 0.876. The molecule has 2 amide bonds. The summed E-state index contributed by atoms with van der Waals surface area (Å²) in [6.45, 7) is 6.75. The summed E-state index contributed by atoms with van der Waals surface area (Å²) < 4.78 is 0. The average molecular weight is 290 g/mol. The number of nitrogens with zero attached hydrogens (tertiary/aromatic N) is 2. The predicted octanol–water partition coefficient (Wildman–Crippen LogP) is 2.67. The number of aromatic nitrogens is 1. The Morgan fingerprint density at radius 2 is 2.10 bits per heavy atom. The molecule has 5 heteroatoms. The third-order valence-corrected chi connectivity index (χ3v) is 3.93. The molecule has 1 atom stereocenters. The molecule has 1 aliphatic heterocycles. The lowest BCUT2D eigenvalue weighted by molar-refractivity contribution is 0.237. The number of amides is 2. The average Bonchev–Trinajstić information content (AvgIpc) is 2.54. The van der Waals surface area contributed by atoms with Gasteiger partial charge < -0.3 is 15.5 Å². The van der Waals surface area contributed by atoms with Gasteiger partial charge in [-0.1, -0.05) is 13.0 Å². The molecule has 1 aromatic rings. The van der Waals surface area contributed by atoms with Crippen LogP contribution in [0.3, 0.4) is 0 Å². The van der Waals surface area contributed by atoms with E-state index in [-0.39, 0.29) is 12.1 Å². The van der Waals surface area contributed by atoms with Crippen LogP contribution >= 0.6 is 0 Å². The Hall–Kier alpha value is -1.78. The summed E-state index contributed by atoms with van der Waals surface area (Å²) in [7, 11) is 0. The van der Waals surface area contributed by atoms with Crippen LogP contribution in [0.1, 0.15) is 45.1 Å². The Morgan fingerprint density at radius 1 is 1.33 bits per heavy atom. The van der Waals surface area contributed by atoms with Crippen LogP contribution in [0, 0.1) is 0 Å². The molecule has 0 aliphatic carbocycles. The summed E-state index contributed by atoms with van der Waals surface area (Å²) >= 11 is 0. The number of piperidine rings is 1. The van der Waals surface area contributed by atoms with Crippen molar-refractivity contribution in [1.29, 1.82) is 0 Å². The van der Waals surface area contributed by atoms with Crippen LogP contribution in [0.4, 0.5) is 10.6 Å². The van der Waals surface area contributed by atoms with Crippen molar-refractivity contribution in [2.24, 2.45) is 0 Å². The first-order chi connectivity index (χ1) is 10.2. The Morgan fingerprint density at radius 3 is 2.71 bits per heavy atom. The van der Waals surface area contributed by atoms with Crippen LogP contribution in [0.15, 0.2) is 18.3 Å². The summed E-state index contributed by atoms with van der Waals surface area (Å²) in [6, 6.07) is 4.17. The number of hydrogen-bond donors (Lipinski definition) is 2. The largest absolute Gasteiger partial charge is 0.357 e. The predicted molar refractivity (Wildman–Crippen MR) is 85.4 cm³/mol. The van der Waals surface area contributed by atoms with Crippen molar-refractivity contribution >= 4 is 11.8 Å². The molecule has 1 fully saturated rings. The monoisotopic (exact) mass is 290 g/mol. The van der Waals surface area contributed by atoms with E-state index in [1.807, 2.05) is 26.1 Å².